The topological polar surface area (TPSA) is 53.9 Å². The van der Waals surface area contributed by atoms with E-state index in [4.69, 9.17) is 9.84 Å². The Kier molecular flexibility index (Phi) is 6.03. The predicted octanol–water partition coefficient (Wildman–Crippen LogP) is 5.10. The standard InChI is InChI=1S/C26H27N3O2/c1-18-8-7-11-23(19(18)2)27-17-26(30)29-25(21-12-14-22(31-3)15-13-21)16-24(28-29)20-9-5-4-6-10-20/h4-15,25,27H,16-17H2,1-3H3/t25-/m0/s1. The van der Waals surface area contributed by atoms with Crippen molar-refractivity contribution < 1.29 is 9.53 Å². The first kappa shape index (κ1) is 20.7. The number of aryl methyl sites for hydroxylation is 1. The Balaban J connectivity index is 1.58. The minimum absolute atomic E-state index is 0.0624. The Morgan fingerprint density at radius 2 is 1.77 bits per heavy atom. The van der Waals surface area contributed by atoms with Crippen LogP contribution in [0.3, 0.4) is 0 Å². The minimum atomic E-state index is -0.144. The molecule has 3 aromatic carbocycles. The molecule has 1 atom stereocenters. The normalized spacial score (nSPS) is 15.5. The summed E-state index contributed by atoms with van der Waals surface area (Å²) in [5.74, 6) is 0.730. The molecule has 0 radical (unpaired) electrons. The molecule has 3 aromatic rings. The van der Waals surface area contributed by atoms with Gasteiger partial charge in [0.15, 0.2) is 0 Å². The van der Waals surface area contributed by atoms with Crippen molar-refractivity contribution in [1.82, 2.24) is 5.01 Å². The molecule has 0 saturated heterocycles. The maximum atomic E-state index is 13.2. The second-order valence-corrected chi connectivity index (χ2v) is 7.75. The first-order valence-electron chi connectivity index (χ1n) is 10.5. The Hall–Kier alpha value is -3.60. The number of rotatable bonds is 6. The average molecular weight is 414 g/mol. The summed E-state index contributed by atoms with van der Waals surface area (Å²) in [6, 6.07) is 23.8. The molecule has 5 nitrogen and oxygen atoms in total. The number of ether oxygens (including phenoxy) is 1. The van der Waals surface area contributed by atoms with Crippen LogP contribution in [0.2, 0.25) is 0 Å². The van der Waals surface area contributed by atoms with Gasteiger partial charge in [-0.2, -0.15) is 5.10 Å². The zero-order valence-electron chi connectivity index (χ0n) is 18.1. The predicted molar refractivity (Wildman–Crippen MR) is 125 cm³/mol. The van der Waals surface area contributed by atoms with Gasteiger partial charge in [-0.25, -0.2) is 5.01 Å². The lowest BCUT2D eigenvalue weighted by molar-refractivity contribution is -0.131. The highest BCUT2D eigenvalue weighted by atomic mass is 16.5. The molecule has 1 N–H and O–H groups in total. The number of anilines is 1. The third-order valence-corrected chi connectivity index (χ3v) is 5.81. The smallest absolute Gasteiger partial charge is 0.262 e. The fourth-order valence-electron chi connectivity index (χ4n) is 3.83. The van der Waals surface area contributed by atoms with Gasteiger partial charge in [0.25, 0.3) is 5.91 Å². The first-order chi connectivity index (χ1) is 15.1. The number of hydrogen-bond donors (Lipinski definition) is 1. The van der Waals surface area contributed by atoms with E-state index < -0.39 is 0 Å². The Morgan fingerprint density at radius 3 is 2.48 bits per heavy atom. The molecule has 31 heavy (non-hydrogen) atoms. The molecule has 5 heteroatoms. The third-order valence-electron chi connectivity index (χ3n) is 5.81. The SMILES string of the molecule is COc1ccc([C@@H]2CC(c3ccccc3)=NN2C(=O)CNc2cccc(C)c2C)cc1. The molecule has 0 fully saturated rings. The van der Waals surface area contributed by atoms with Gasteiger partial charge in [-0.15, -0.1) is 0 Å². The zero-order valence-corrected chi connectivity index (χ0v) is 18.1. The second-order valence-electron chi connectivity index (χ2n) is 7.75. The Labute approximate surface area is 183 Å². The quantitative estimate of drug-likeness (QED) is 0.612. The molecule has 1 heterocycles. The van der Waals surface area contributed by atoms with Crippen molar-refractivity contribution in [2.24, 2.45) is 5.10 Å². The van der Waals surface area contributed by atoms with Crippen molar-refractivity contribution in [3.63, 3.8) is 0 Å². The van der Waals surface area contributed by atoms with Crippen molar-refractivity contribution in [1.29, 1.82) is 0 Å². The van der Waals surface area contributed by atoms with Gasteiger partial charge in [0, 0.05) is 12.1 Å². The molecule has 0 unspecified atom stereocenters. The Morgan fingerprint density at radius 1 is 1.03 bits per heavy atom. The second kappa shape index (κ2) is 9.04. The summed E-state index contributed by atoms with van der Waals surface area (Å²) in [4.78, 5) is 13.2. The summed E-state index contributed by atoms with van der Waals surface area (Å²) >= 11 is 0. The van der Waals surface area contributed by atoms with E-state index in [2.05, 4.69) is 25.2 Å². The van der Waals surface area contributed by atoms with E-state index >= 15 is 0 Å². The molecular formula is C26H27N3O2. The molecule has 0 aromatic heterocycles. The zero-order chi connectivity index (χ0) is 21.8. The largest absolute Gasteiger partial charge is 0.497 e. The van der Waals surface area contributed by atoms with E-state index in [1.165, 1.54) is 5.56 Å². The number of hydrogen-bond acceptors (Lipinski definition) is 4. The van der Waals surface area contributed by atoms with Crippen LogP contribution >= 0.6 is 0 Å². The summed E-state index contributed by atoms with van der Waals surface area (Å²) in [7, 11) is 1.65. The molecule has 0 saturated carbocycles. The minimum Gasteiger partial charge on any atom is -0.497 e. The van der Waals surface area contributed by atoms with Gasteiger partial charge < -0.3 is 10.1 Å². The van der Waals surface area contributed by atoms with Crippen molar-refractivity contribution in [2.45, 2.75) is 26.3 Å². The van der Waals surface area contributed by atoms with Crippen LogP contribution in [0.1, 0.15) is 34.7 Å². The molecule has 0 bridgehead atoms. The monoisotopic (exact) mass is 413 g/mol. The van der Waals surface area contributed by atoms with Gasteiger partial charge in [0.1, 0.15) is 5.75 Å². The van der Waals surface area contributed by atoms with E-state index in [0.717, 1.165) is 33.8 Å². The van der Waals surface area contributed by atoms with Crippen LogP contribution in [-0.4, -0.2) is 30.3 Å². The Bertz CT molecular complexity index is 1090. The number of carbonyl (C=O) groups is 1. The van der Waals surface area contributed by atoms with E-state index in [1.807, 2.05) is 66.7 Å². The van der Waals surface area contributed by atoms with Gasteiger partial charge in [-0.1, -0.05) is 54.6 Å². The lowest BCUT2D eigenvalue weighted by Crippen LogP contribution is -2.32. The summed E-state index contributed by atoms with van der Waals surface area (Å²) in [5, 5.41) is 9.66. The fraction of sp³-hybridized carbons (Fsp3) is 0.231. The molecule has 0 spiro atoms. The summed E-state index contributed by atoms with van der Waals surface area (Å²) < 4.78 is 5.29. The molecule has 158 valence electrons. The number of methoxy groups -OCH3 is 1. The molecule has 1 aliphatic rings. The highest BCUT2D eigenvalue weighted by Crippen LogP contribution is 2.33. The summed E-state index contributed by atoms with van der Waals surface area (Å²) in [6.07, 6.45) is 0.672. The van der Waals surface area contributed by atoms with Crippen LogP contribution < -0.4 is 10.1 Å². The van der Waals surface area contributed by atoms with Crippen LogP contribution in [0.4, 0.5) is 5.69 Å². The number of carbonyl (C=O) groups excluding carboxylic acids is 1. The number of nitrogens with one attached hydrogen (secondary N) is 1. The highest BCUT2D eigenvalue weighted by molar-refractivity contribution is 6.03. The number of nitrogens with zero attached hydrogens (tertiary/aromatic N) is 2. The summed E-state index contributed by atoms with van der Waals surface area (Å²) in [6.45, 7) is 4.31. The van der Waals surface area contributed by atoms with E-state index in [9.17, 15) is 4.79 Å². The lowest BCUT2D eigenvalue weighted by atomic mass is 9.98. The van der Waals surface area contributed by atoms with Gasteiger partial charge in [0.05, 0.1) is 25.4 Å². The fourth-order valence-corrected chi connectivity index (χ4v) is 3.83. The first-order valence-corrected chi connectivity index (χ1v) is 10.5. The van der Waals surface area contributed by atoms with Crippen LogP contribution in [-0.2, 0) is 4.79 Å². The highest BCUT2D eigenvalue weighted by Gasteiger charge is 2.32. The van der Waals surface area contributed by atoms with Gasteiger partial charge in [-0.05, 0) is 54.3 Å². The van der Waals surface area contributed by atoms with Crippen molar-refractivity contribution in [3.05, 3.63) is 95.1 Å². The third kappa shape index (κ3) is 4.45. The molecule has 4 rings (SSSR count). The van der Waals surface area contributed by atoms with Crippen LogP contribution in [0.25, 0.3) is 0 Å². The van der Waals surface area contributed by atoms with E-state index in [-0.39, 0.29) is 18.5 Å². The lowest BCUT2D eigenvalue weighted by Gasteiger charge is -2.23. The van der Waals surface area contributed by atoms with Crippen LogP contribution in [0.5, 0.6) is 5.75 Å². The molecule has 0 aliphatic carbocycles. The summed E-state index contributed by atoms with van der Waals surface area (Å²) in [5.41, 5.74) is 6.31. The van der Waals surface area contributed by atoms with Gasteiger partial charge in [0.2, 0.25) is 0 Å². The molecule has 1 aliphatic heterocycles. The van der Waals surface area contributed by atoms with Crippen molar-refractivity contribution in [3.8, 4) is 5.75 Å². The molecule has 1 amide bonds. The van der Waals surface area contributed by atoms with E-state index in [1.54, 1.807) is 12.1 Å². The van der Waals surface area contributed by atoms with Gasteiger partial charge in [-0.3, -0.25) is 4.79 Å². The van der Waals surface area contributed by atoms with E-state index in [0.29, 0.717) is 6.42 Å². The maximum absolute atomic E-state index is 13.2. The number of hydrazone groups is 1. The van der Waals surface area contributed by atoms with Crippen LogP contribution in [0, 0.1) is 13.8 Å². The molecular weight excluding hydrogens is 386 g/mol. The average Bonchev–Trinajstić information content (AvgIpc) is 3.26. The van der Waals surface area contributed by atoms with Crippen molar-refractivity contribution in [2.75, 3.05) is 19.0 Å². The number of amides is 1. The number of benzene rings is 3. The van der Waals surface area contributed by atoms with Crippen LogP contribution in [0.15, 0.2) is 77.9 Å². The maximum Gasteiger partial charge on any atom is 0.262 e. The van der Waals surface area contributed by atoms with Gasteiger partial charge >= 0.3 is 0 Å². The van der Waals surface area contributed by atoms with Crippen molar-refractivity contribution >= 4 is 17.3 Å².